The quantitative estimate of drug-likeness (QED) is 0.814. The molecule has 1 N–H and O–H groups in total. The van der Waals surface area contributed by atoms with Crippen LogP contribution < -0.4 is 5.32 Å². The van der Waals surface area contributed by atoms with Gasteiger partial charge in [-0.25, -0.2) is 0 Å². The summed E-state index contributed by atoms with van der Waals surface area (Å²) in [5, 5.41) is 3.01. The lowest BCUT2D eigenvalue weighted by Crippen LogP contribution is -2.58. The van der Waals surface area contributed by atoms with Crippen molar-refractivity contribution in [1.29, 1.82) is 0 Å². The molecule has 0 aromatic heterocycles. The number of carbonyl (C=O) groups excluding carboxylic acids is 2. The highest BCUT2D eigenvalue weighted by Gasteiger charge is 2.44. The highest BCUT2D eigenvalue weighted by Crippen LogP contribution is 2.31. The standard InChI is InChI=1S/C17H30N2O2/c1-4-17(5-2)16(21)19(12-11-15(20)18-17)14-10-8-6-7-9-13(14)3/h13-14H,4-12H2,1-3H3,(H,18,20). The van der Waals surface area contributed by atoms with Crippen molar-refractivity contribution in [2.24, 2.45) is 5.92 Å². The normalized spacial score (nSPS) is 30.5. The summed E-state index contributed by atoms with van der Waals surface area (Å²) in [5.41, 5.74) is -0.681. The highest BCUT2D eigenvalue weighted by molar-refractivity contribution is 5.93. The van der Waals surface area contributed by atoms with Crippen LogP contribution in [0.2, 0.25) is 0 Å². The number of amides is 2. The summed E-state index contributed by atoms with van der Waals surface area (Å²) in [4.78, 5) is 27.2. The SMILES string of the molecule is CCC1(CC)NC(=O)CCN(C2CCCCCC2C)C1=O. The number of rotatable bonds is 3. The van der Waals surface area contributed by atoms with Crippen LogP contribution in [0.1, 0.15) is 72.1 Å². The second kappa shape index (κ2) is 6.80. The van der Waals surface area contributed by atoms with Gasteiger partial charge in [-0.1, -0.05) is 40.0 Å². The Labute approximate surface area is 128 Å². The van der Waals surface area contributed by atoms with Crippen LogP contribution in [0.5, 0.6) is 0 Å². The molecule has 2 aliphatic rings. The van der Waals surface area contributed by atoms with Crippen LogP contribution in [0.25, 0.3) is 0 Å². The van der Waals surface area contributed by atoms with Crippen molar-refractivity contribution in [3.05, 3.63) is 0 Å². The first-order valence-corrected chi connectivity index (χ1v) is 8.66. The minimum absolute atomic E-state index is 0.0239. The van der Waals surface area contributed by atoms with Crippen molar-refractivity contribution >= 4 is 11.8 Å². The minimum atomic E-state index is -0.681. The van der Waals surface area contributed by atoms with Gasteiger partial charge in [0, 0.05) is 19.0 Å². The lowest BCUT2D eigenvalue weighted by Gasteiger charge is -2.39. The second-order valence-electron chi connectivity index (χ2n) is 6.77. The van der Waals surface area contributed by atoms with Crippen LogP contribution in [0, 0.1) is 5.92 Å². The van der Waals surface area contributed by atoms with Crippen molar-refractivity contribution < 1.29 is 9.59 Å². The molecule has 1 aliphatic carbocycles. The van der Waals surface area contributed by atoms with E-state index >= 15 is 0 Å². The first kappa shape index (κ1) is 16.3. The number of nitrogens with one attached hydrogen (secondary N) is 1. The molecule has 0 aromatic rings. The van der Waals surface area contributed by atoms with Gasteiger partial charge in [0.15, 0.2) is 0 Å². The Morgan fingerprint density at radius 1 is 1.14 bits per heavy atom. The molecular formula is C17H30N2O2. The van der Waals surface area contributed by atoms with E-state index in [1.165, 1.54) is 25.7 Å². The van der Waals surface area contributed by atoms with Crippen LogP contribution in [0.15, 0.2) is 0 Å². The van der Waals surface area contributed by atoms with Crippen molar-refractivity contribution in [3.63, 3.8) is 0 Å². The summed E-state index contributed by atoms with van der Waals surface area (Å²) in [7, 11) is 0. The van der Waals surface area contributed by atoms with Crippen molar-refractivity contribution in [1.82, 2.24) is 10.2 Å². The fourth-order valence-electron chi connectivity index (χ4n) is 3.96. The number of nitrogens with zero attached hydrogens (tertiary/aromatic N) is 1. The van der Waals surface area contributed by atoms with Crippen LogP contribution >= 0.6 is 0 Å². The summed E-state index contributed by atoms with van der Waals surface area (Å²) in [6, 6.07) is 0.310. The van der Waals surface area contributed by atoms with Gasteiger partial charge in [0.25, 0.3) is 0 Å². The lowest BCUT2D eigenvalue weighted by atomic mass is 9.88. The average Bonchev–Trinajstić information content (AvgIpc) is 2.76. The molecular weight excluding hydrogens is 264 g/mol. The zero-order valence-corrected chi connectivity index (χ0v) is 13.8. The van der Waals surface area contributed by atoms with Crippen molar-refractivity contribution in [3.8, 4) is 0 Å². The molecule has 4 nitrogen and oxygen atoms in total. The average molecular weight is 294 g/mol. The number of hydrogen-bond acceptors (Lipinski definition) is 2. The van der Waals surface area contributed by atoms with E-state index in [0.717, 1.165) is 6.42 Å². The fourth-order valence-corrected chi connectivity index (χ4v) is 3.96. The molecule has 4 heteroatoms. The van der Waals surface area contributed by atoms with E-state index in [1.807, 2.05) is 18.7 Å². The molecule has 1 heterocycles. The smallest absolute Gasteiger partial charge is 0.248 e. The molecule has 0 aromatic carbocycles. The molecule has 2 unspecified atom stereocenters. The maximum atomic E-state index is 13.1. The predicted molar refractivity (Wildman–Crippen MR) is 83.8 cm³/mol. The Morgan fingerprint density at radius 2 is 1.81 bits per heavy atom. The van der Waals surface area contributed by atoms with Crippen LogP contribution in [0.3, 0.4) is 0 Å². The maximum absolute atomic E-state index is 13.1. The third-order valence-corrected chi connectivity index (χ3v) is 5.55. The summed E-state index contributed by atoms with van der Waals surface area (Å²) in [6.07, 6.45) is 7.81. The first-order chi connectivity index (χ1) is 10.0. The minimum Gasteiger partial charge on any atom is -0.342 e. The van der Waals surface area contributed by atoms with E-state index in [1.54, 1.807) is 0 Å². The zero-order valence-electron chi connectivity index (χ0n) is 13.8. The van der Waals surface area contributed by atoms with Crippen LogP contribution in [-0.2, 0) is 9.59 Å². The molecule has 1 saturated carbocycles. The summed E-state index contributed by atoms with van der Waals surface area (Å²) in [6.45, 7) is 6.85. The van der Waals surface area contributed by atoms with E-state index in [2.05, 4.69) is 12.2 Å². The summed E-state index contributed by atoms with van der Waals surface area (Å²) < 4.78 is 0. The predicted octanol–water partition coefficient (Wildman–Crippen LogP) is 2.86. The van der Waals surface area contributed by atoms with Gasteiger partial charge >= 0.3 is 0 Å². The molecule has 2 rings (SSSR count). The molecule has 1 saturated heterocycles. The zero-order chi connectivity index (χ0) is 15.5. The fraction of sp³-hybridized carbons (Fsp3) is 0.882. The topological polar surface area (TPSA) is 49.4 Å². The van der Waals surface area contributed by atoms with Gasteiger partial charge < -0.3 is 10.2 Å². The Hall–Kier alpha value is -1.06. The molecule has 1 aliphatic heterocycles. The monoisotopic (exact) mass is 294 g/mol. The molecule has 0 bridgehead atoms. The van der Waals surface area contributed by atoms with Gasteiger partial charge in [-0.3, -0.25) is 9.59 Å². The van der Waals surface area contributed by atoms with E-state index in [-0.39, 0.29) is 11.8 Å². The first-order valence-electron chi connectivity index (χ1n) is 8.66. The van der Waals surface area contributed by atoms with E-state index in [4.69, 9.17) is 0 Å². The van der Waals surface area contributed by atoms with Gasteiger partial charge in [-0.05, 0) is 31.6 Å². The second-order valence-corrected chi connectivity index (χ2v) is 6.77. The van der Waals surface area contributed by atoms with E-state index < -0.39 is 5.54 Å². The van der Waals surface area contributed by atoms with Gasteiger partial charge in [0.1, 0.15) is 5.54 Å². The third-order valence-electron chi connectivity index (χ3n) is 5.55. The van der Waals surface area contributed by atoms with Crippen LogP contribution in [0.4, 0.5) is 0 Å². The molecule has 2 amide bonds. The lowest BCUT2D eigenvalue weighted by molar-refractivity contribution is -0.142. The van der Waals surface area contributed by atoms with E-state index in [0.29, 0.717) is 37.8 Å². The molecule has 0 spiro atoms. The molecule has 0 radical (unpaired) electrons. The summed E-state index contributed by atoms with van der Waals surface area (Å²) >= 11 is 0. The van der Waals surface area contributed by atoms with Gasteiger partial charge in [-0.15, -0.1) is 0 Å². The molecule has 2 atom stereocenters. The third kappa shape index (κ3) is 3.24. The van der Waals surface area contributed by atoms with Crippen molar-refractivity contribution in [2.75, 3.05) is 6.54 Å². The number of hydrogen-bond donors (Lipinski definition) is 1. The van der Waals surface area contributed by atoms with Gasteiger partial charge in [-0.2, -0.15) is 0 Å². The van der Waals surface area contributed by atoms with Gasteiger partial charge in [0.05, 0.1) is 0 Å². The Morgan fingerprint density at radius 3 is 2.48 bits per heavy atom. The number of carbonyl (C=O) groups is 2. The Kier molecular flexibility index (Phi) is 5.28. The van der Waals surface area contributed by atoms with Crippen molar-refractivity contribution in [2.45, 2.75) is 83.7 Å². The van der Waals surface area contributed by atoms with Crippen LogP contribution in [-0.4, -0.2) is 34.8 Å². The Bertz CT molecular complexity index is 390. The van der Waals surface area contributed by atoms with E-state index in [9.17, 15) is 9.59 Å². The maximum Gasteiger partial charge on any atom is 0.248 e. The molecule has 120 valence electrons. The van der Waals surface area contributed by atoms with Gasteiger partial charge in [0.2, 0.25) is 11.8 Å². The summed E-state index contributed by atoms with van der Waals surface area (Å²) in [5.74, 6) is 0.712. The molecule has 21 heavy (non-hydrogen) atoms. The molecule has 2 fully saturated rings. The highest BCUT2D eigenvalue weighted by atomic mass is 16.2. The Balaban J connectivity index is 2.28. The largest absolute Gasteiger partial charge is 0.342 e.